The minimum absolute atomic E-state index is 0.0787. The van der Waals surface area contributed by atoms with E-state index in [0.29, 0.717) is 36.5 Å². The van der Waals surface area contributed by atoms with Gasteiger partial charge in [0.1, 0.15) is 17.5 Å². The van der Waals surface area contributed by atoms with Gasteiger partial charge in [0.05, 0.1) is 17.3 Å². The highest BCUT2D eigenvalue weighted by molar-refractivity contribution is 6.32. The maximum atomic E-state index is 14.7. The fourth-order valence-electron chi connectivity index (χ4n) is 3.02. The number of benzene rings is 1. The third-order valence-corrected chi connectivity index (χ3v) is 4.59. The highest BCUT2D eigenvalue weighted by atomic mass is 35.5. The van der Waals surface area contributed by atoms with E-state index >= 15 is 0 Å². The van der Waals surface area contributed by atoms with Crippen LogP contribution in [0, 0.1) is 5.82 Å². The number of aliphatic hydroxyl groups excluding tert-OH is 1. The van der Waals surface area contributed by atoms with Crippen LogP contribution in [0.2, 0.25) is 5.02 Å². The Morgan fingerprint density at radius 2 is 2.15 bits per heavy atom. The normalized spacial score (nSPS) is 15.2. The van der Waals surface area contributed by atoms with E-state index in [1.807, 2.05) is 0 Å². The van der Waals surface area contributed by atoms with Crippen molar-refractivity contribution in [3.63, 3.8) is 0 Å². The molecular weight excluding hydrogens is 381 g/mol. The van der Waals surface area contributed by atoms with Gasteiger partial charge in [0.25, 0.3) is 0 Å². The van der Waals surface area contributed by atoms with E-state index in [4.69, 9.17) is 26.2 Å². The van der Waals surface area contributed by atoms with Gasteiger partial charge in [0, 0.05) is 38.3 Å². The molecule has 1 aliphatic heterocycles. The SMILES string of the molecule is COCCCOc1cc2c(cc1Cl)-c1c(F)c(=O)c(C(=O)O)cn1C(O)C2. The predicted octanol–water partition coefficient (Wildman–Crippen LogP) is 2.47. The van der Waals surface area contributed by atoms with E-state index < -0.39 is 29.0 Å². The molecule has 0 bridgehead atoms. The second-order valence-electron chi connectivity index (χ2n) is 6.07. The summed E-state index contributed by atoms with van der Waals surface area (Å²) in [4.78, 5) is 23.2. The summed E-state index contributed by atoms with van der Waals surface area (Å²) in [5, 5.41) is 19.6. The summed E-state index contributed by atoms with van der Waals surface area (Å²) < 4.78 is 26.3. The molecule has 0 radical (unpaired) electrons. The molecule has 0 fully saturated rings. The van der Waals surface area contributed by atoms with Gasteiger partial charge < -0.3 is 24.3 Å². The third kappa shape index (κ3) is 3.55. The number of pyridine rings is 1. The number of halogens is 2. The van der Waals surface area contributed by atoms with Crippen molar-refractivity contribution in [1.82, 2.24) is 4.57 Å². The van der Waals surface area contributed by atoms with Gasteiger partial charge in [0.2, 0.25) is 5.43 Å². The maximum Gasteiger partial charge on any atom is 0.341 e. The molecule has 9 heteroatoms. The van der Waals surface area contributed by atoms with Crippen LogP contribution >= 0.6 is 11.6 Å². The topological polar surface area (TPSA) is 98.0 Å². The molecule has 0 amide bonds. The highest BCUT2D eigenvalue weighted by Gasteiger charge is 2.30. The molecule has 1 atom stereocenters. The van der Waals surface area contributed by atoms with Crippen LogP contribution in [0.25, 0.3) is 11.3 Å². The lowest BCUT2D eigenvalue weighted by Crippen LogP contribution is -2.28. The first-order valence-corrected chi connectivity index (χ1v) is 8.53. The zero-order valence-corrected chi connectivity index (χ0v) is 15.1. The van der Waals surface area contributed by atoms with Crippen molar-refractivity contribution in [1.29, 1.82) is 0 Å². The first-order chi connectivity index (χ1) is 12.8. The molecule has 2 heterocycles. The van der Waals surface area contributed by atoms with Crippen molar-refractivity contribution in [2.45, 2.75) is 19.1 Å². The van der Waals surface area contributed by atoms with Crippen LogP contribution in [0.3, 0.4) is 0 Å². The van der Waals surface area contributed by atoms with E-state index in [9.17, 15) is 19.1 Å². The molecule has 7 nitrogen and oxygen atoms in total. The molecule has 0 saturated heterocycles. The number of carboxylic acid groups (broad SMARTS) is 1. The number of aliphatic hydroxyl groups is 1. The lowest BCUT2D eigenvalue weighted by atomic mass is 9.95. The summed E-state index contributed by atoms with van der Waals surface area (Å²) in [6.07, 6.45) is 0.440. The Morgan fingerprint density at radius 1 is 1.41 bits per heavy atom. The number of methoxy groups -OCH3 is 1. The van der Waals surface area contributed by atoms with Gasteiger partial charge in [-0.1, -0.05) is 11.6 Å². The number of hydrogen-bond donors (Lipinski definition) is 2. The Balaban J connectivity index is 2.08. The average Bonchev–Trinajstić information content (AvgIpc) is 2.62. The standard InChI is InChI=1S/C18H17ClFNO6/c1-26-3-2-4-27-13-5-9-6-14(22)21-8-11(18(24)25)17(23)15(20)16(21)10(9)7-12(13)19/h5,7-8,14,22H,2-4,6H2,1H3,(H,24,25). The second kappa shape index (κ2) is 7.67. The summed E-state index contributed by atoms with van der Waals surface area (Å²) in [5.41, 5.74) is -1.35. The van der Waals surface area contributed by atoms with Gasteiger partial charge in [-0.2, -0.15) is 0 Å². The summed E-state index contributed by atoms with van der Waals surface area (Å²) in [7, 11) is 1.58. The molecular formula is C18H17ClFNO6. The zero-order chi connectivity index (χ0) is 19.7. The van der Waals surface area contributed by atoms with Crippen LogP contribution in [-0.4, -0.2) is 41.1 Å². The number of aromatic carboxylic acids is 1. The largest absolute Gasteiger partial charge is 0.492 e. The minimum Gasteiger partial charge on any atom is -0.492 e. The number of nitrogens with zero attached hydrogens (tertiary/aromatic N) is 1. The van der Waals surface area contributed by atoms with Crippen molar-refractivity contribution < 1.29 is 28.9 Å². The van der Waals surface area contributed by atoms with Crippen LogP contribution in [0.1, 0.15) is 28.6 Å². The van der Waals surface area contributed by atoms with Crippen molar-refractivity contribution in [3.05, 3.63) is 50.5 Å². The fourth-order valence-corrected chi connectivity index (χ4v) is 3.24. The van der Waals surface area contributed by atoms with Gasteiger partial charge in [-0.05, 0) is 17.7 Å². The number of carboxylic acids is 1. The molecule has 1 aromatic carbocycles. The molecule has 0 saturated carbocycles. The molecule has 0 spiro atoms. The molecule has 1 aliphatic rings. The second-order valence-corrected chi connectivity index (χ2v) is 6.47. The van der Waals surface area contributed by atoms with Crippen molar-refractivity contribution in [2.24, 2.45) is 0 Å². The Morgan fingerprint density at radius 3 is 2.81 bits per heavy atom. The molecule has 2 aromatic rings. The molecule has 0 aliphatic carbocycles. The number of hydrogen-bond acceptors (Lipinski definition) is 5. The quantitative estimate of drug-likeness (QED) is 0.727. The van der Waals surface area contributed by atoms with E-state index in [0.717, 1.165) is 10.8 Å². The molecule has 1 unspecified atom stereocenters. The first-order valence-electron chi connectivity index (χ1n) is 8.15. The zero-order valence-electron chi connectivity index (χ0n) is 14.4. The van der Waals surface area contributed by atoms with Crippen molar-refractivity contribution in [2.75, 3.05) is 20.3 Å². The number of carbonyl (C=O) groups is 1. The first kappa shape index (κ1) is 19.3. The summed E-state index contributed by atoms with van der Waals surface area (Å²) >= 11 is 6.23. The Bertz CT molecular complexity index is 958. The van der Waals surface area contributed by atoms with Crippen LogP contribution in [0.15, 0.2) is 23.1 Å². The summed E-state index contributed by atoms with van der Waals surface area (Å²) in [6.45, 7) is 0.885. The smallest absolute Gasteiger partial charge is 0.341 e. The van der Waals surface area contributed by atoms with Gasteiger partial charge in [-0.3, -0.25) is 4.79 Å². The number of ether oxygens (including phenoxy) is 2. The Hall–Kier alpha value is -2.42. The monoisotopic (exact) mass is 397 g/mol. The average molecular weight is 398 g/mol. The lowest BCUT2D eigenvalue weighted by Gasteiger charge is -2.28. The molecule has 1 aromatic heterocycles. The van der Waals surface area contributed by atoms with Gasteiger partial charge in [-0.25, -0.2) is 9.18 Å². The fraction of sp³-hybridized carbons (Fsp3) is 0.333. The Kier molecular flexibility index (Phi) is 5.50. The maximum absolute atomic E-state index is 14.7. The van der Waals surface area contributed by atoms with E-state index in [1.54, 1.807) is 13.2 Å². The molecule has 144 valence electrons. The van der Waals surface area contributed by atoms with Crippen LogP contribution < -0.4 is 10.2 Å². The van der Waals surface area contributed by atoms with Crippen LogP contribution in [0.4, 0.5) is 4.39 Å². The van der Waals surface area contributed by atoms with Crippen molar-refractivity contribution >= 4 is 17.6 Å². The van der Waals surface area contributed by atoms with Crippen LogP contribution in [-0.2, 0) is 11.2 Å². The van der Waals surface area contributed by atoms with Gasteiger partial charge >= 0.3 is 5.97 Å². The number of aromatic nitrogens is 1. The molecule has 2 N–H and O–H groups in total. The highest BCUT2D eigenvalue weighted by Crippen LogP contribution is 2.40. The van der Waals surface area contributed by atoms with E-state index in [2.05, 4.69) is 0 Å². The van der Waals surface area contributed by atoms with E-state index in [1.165, 1.54) is 6.07 Å². The summed E-state index contributed by atoms with van der Waals surface area (Å²) in [5.74, 6) is -2.44. The van der Waals surface area contributed by atoms with Crippen molar-refractivity contribution in [3.8, 4) is 17.0 Å². The van der Waals surface area contributed by atoms with Crippen LogP contribution in [0.5, 0.6) is 5.75 Å². The Labute approximate surface area is 158 Å². The van der Waals surface area contributed by atoms with Gasteiger partial charge in [0.15, 0.2) is 5.82 Å². The molecule has 27 heavy (non-hydrogen) atoms. The lowest BCUT2D eigenvalue weighted by molar-refractivity contribution is 0.0688. The predicted molar refractivity (Wildman–Crippen MR) is 95.0 cm³/mol. The minimum atomic E-state index is -1.56. The van der Waals surface area contributed by atoms with Gasteiger partial charge in [-0.15, -0.1) is 0 Å². The third-order valence-electron chi connectivity index (χ3n) is 4.30. The summed E-state index contributed by atoms with van der Waals surface area (Å²) in [6, 6.07) is 3.04. The van der Waals surface area contributed by atoms with E-state index in [-0.39, 0.29) is 17.1 Å². The number of rotatable bonds is 6. The molecule has 3 rings (SSSR count). The number of fused-ring (bicyclic) bond motifs is 3.